The predicted molar refractivity (Wildman–Crippen MR) is 70.8 cm³/mol. The van der Waals surface area contributed by atoms with Crippen LogP contribution in [0.1, 0.15) is 13.3 Å². The third-order valence-electron chi connectivity index (χ3n) is 2.74. The Balaban J connectivity index is 2.02. The number of benzene rings is 1. The van der Waals surface area contributed by atoms with Crippen LogP contribution >= 0.6 is 0 Å². The minimum Gasteiger partial charge on any atom is -0.329 e. The van der Waals surface area contributed by atoms with Crippen LogP contribution in [0.15, 0.2) is 42.9 Å². The van der Waals surface area contributed by atoms with Gasteiger partial charge in [-0.3, -0.25) is 0 Å². The molecule has 0 saturated carbocycles. The summed E-state index contributed by atoms with van der Waals surface area (Å²) in [6.07, 6.45) is 5.00. The normalized spacial score (nSPS) is 10.6. The number of nitrogens with zero attached hydrogens (tertiary/aromatic N) is 2. The highest BCUT2D eigenvalue weighted by Crippen LogP contribution is 2.17. The van der Waals surface area contributed by atoms with Crippen molar-refractivity contribution in [2.24, 2.45) is 0 Å². The number of aromatic nitrogens is 2. The largest absolute Gasteiger partial charge is 0.329 e. The van der Waals surface area contributed by atoms with Crippen LogP contribution in [0.2, 0.25) is 0 Å². The first-order valence-electron chi connectivity index (χ1n) is 6.18. The van der Waals surface area contributed by atoms with Crippen LogP contribution in [0, 0.1) is 0 Å². The predicted octanol–water partition coefficient (Wildman–Crippen LogP) is 2.55. The topological polar surface area (TPSA) is 29.9 Å². The van der Waals surface area contributed by atoms with Crippen molar-refractivity contribution >= 4 is 0 Å². The quantitative estimate of drug-likeness (QED) is 0.771. The Morgan fingerprint density at radius 2 is 2.00 bits per heavy atom. The molecule has 0 fully saturated rings. The van der Waals surface area contributed by atoms with E-state index in [2.05, 4.69) is 46.1 Å². The third kappa shape index (κ3) is 3.17. The SMILES string of the molecule is CCCNCCn1cncc1-c1ccccc1. The molecule has 0 atom stereocenters. The van der Waals surface area contributed by atoms with Crippen molar-refractivity contribution in [3.05, 3.63) is 42.9 Å². The van der Waals surface area contributed by atoms with Crippen LogP contribution in [0.4, 0.5) is 0 Å². The van der Waals surface area contributed by atoms with E-state index in [4.69, 9.17) is 0 Å². The Bertz CT molecular complexity index is 434. The fourth-order valence-corrected chi connectivity index (χ4v) is 1.85. The first kappa shape index (κ1) is 11.9. The lowest BCUT2D eigenvalue weighted by Crippen LogP contribution is -2.20. The average molecular weight is 229 g/mol. The van der Waals surface area contributed by atoms with Gasteiger partial charge in [0.2, 0.25) is 0 Å². The number of hydrogen-bond acceptors (Lipinski definition) is 2. The minimum atomic E-state index is 0.963. The van der Waals surface area contributed by atoms with E-state index < -0.39 is 0 Å². The second-order valence-corrected chi connectivity index (χ2v) is 4.09. The summed E-state index contributed by atoms with van der Waals surface area (Å²) in [7, 11) is 0. The molecule has 17 heavy (non-hydrogen) atoms. The standard InChI is InChI=1S/C14H19N3/c1-2-8-15-9-10-17-12-16-11-14(17)13-6-4-3-5-7-13/h3-7,11-12,15H,2,8-10H2,1H3. The van der Waals surface area contributed by atoms with Gasteiger partial charge in [0.1, 0.15) is 0 Å². The lowest BCUT2D eigenvalue weighted by atomic mass is 10.2. The number of hydrogen-bond donors (Lipinski definition) is 1. The molecule has 1 heterocycles. The van der Waals surface area contributed by atoms with Gasteiger partial charge in [-0.05, 0) is 18.5 Å². The summed E-state index contributed by atoms with van der Waals surface area (Å²) < 4.78 is 2.19. The van der Waals surface area contributed by atoms with Crippen molar-refractivity contribution < 1.29 is 0 Å². The third-order valence-corrected chi connectivity index (χ3v) is 2.74. The summed E-state index contributed by atoms with van der Waals surface area (Å²) in [5.41, 5.74) is 2.41. The minimum absolute atomic E-state index is 0.963. The summed E-state index contributed by atoms with van der Waals surface area (Å²) >= 11 is 0. The van der Waals surface area contributed by atoms with Crippen LogP contribution in [0.5, 0.6) is 0 Å². The van der Waals surface area contributed by atoms with Crippen LogP contribution in [0.25, 0.3) is 11.3 Å². The highest BCUT2D eigenvalue weighted by molar-refractivity contribution is 5.58. The first-order chi connectivity index (χ1) is 8.42. The summed E-state index contributed by atoms with van der Waals surface area (Å²) in [6, 6.07) is 10.4. The lowest BCUT2D eigenvalue weighted by Gasteiger charge is -2.08. The maximum absolute atomic E-state index is 4.23. The van der Waals surface area contributed by atoms with Crippen molar-refractivity contribution in [1.82, 2.24) is 14.9 Å². The van der Waals surface area contributed by atoms with Crippen LogP contribution in [0.3, 0.4) is 0 Å². The van der Waals surface area contributed by atoms with E-state index in [1.807, 2.05) is 18.6 Å². The average Bonchev–Trinajstić information content (AvgIpc) is 2.84. The van der Waals surface area contributed by atoms with Gasteiger partial charge in [0, 0.05) is 13.1 Å². The molecule has 0 saturated heterocycles. The zero-order valence-electron chi connectivity index (χ0n) is 10.3. The van der Waals surface area contributed by atoms with Crippen molar-refractivity contribution in [3.63, 3.8) is 0 Å². The highest BCUT2D eigenvalue weighted by Gasteiger charge is 2.03. The number of rotatable bonds is 6. The van der Waals surface area contributed by atoms with Crippen molar-refractivity contribution in [2.75, 3.05) is 13.1 Å². The molecule has 0 amide bonds. The van der Waals surface area contributed by atoms with E-state index >= 15 is 0 Å². The highest BCUT2D eigenvalue weighted by atomic mass is 15.1. The molecule has 0 aliphatic heterocycles. The van der Waals surface area contributed by atoms with Gasteiger partial charge in [0.05, 0.1) is 18.2 Å². The smallest absolute Gasteiger partial charge is 0.0951 e. The Morgan fingerprint density at radius 1 is 1.18 bits per heavy atom. The van der Waals surface area contributed by atoms with Crippen LogP contribution in [-0.2, 0) is 6.54 Å². The van der Waals surface area contributed by atoms with Crippen LogP contribution < -0.4 is 5.32 Å². The molecule has 2 aromatic rings. The lowest BCUT2D eigenvalue weighted by molar-refractivity contribution is 0.596. The molecule has 0 aliphatic carbocycles. The fraction of sp³-hybridized carbons (Fsp3) is 0.357. The Kier molecular flexibility index (Phi) is 4.33. The summed E-state index contributed by atoms with van der Waals surface area (Å²) in [4.78, 5) is 4.23. The van der Waals surface area contributed by atoms with Gasteiger partial charge in [0.25, 0.3) is 0 Å². The molecule has 90 valence electrons. The molecule has 3 nitrogen and oxygen atoms in total. The second-order valence-electron chi connectivity index (χ2n) is 4.09. The Labute approximate surface area is 103 Å². The van der Waals surface area contributed by atoms with Crippen molar-refractivity contribution in [1.29, 1.82) is 0 Å². The molecule has 2 rings (SSSR count). The molecule has 1 aromatic carbocycles. The molecule has 0 spiro atoms. The summed E-state index contributed by atoms with van der Waals surface area (Å²) in [5.74, 6) is 0. The van der Waals surface area contributed by atoms with E-state index in [1.165, 1.54) is 17.7 Å². The summed E-state index contributed by atoms with van der Waals surface area (Å²) in [6.45, 7) is 5.21. The molecular formula is C14H19N3. The van der Waals surface area contributed by atoms with Crippen molar-refractivity contribution in [3.8, 4) is 11.3 Å². The number of imidazole rings is 1. The van der Waals surface area contributed by atoms with Crippen LogP contribution in [-0.4, -0.2) is 22.6 Å². The first-order valence-corrected chi connectivity index (χ1v) is 6.18. The Morgan fingerprint density at radius 3 is 2.76 bits per heavy atom. The van der Waals surface area contributed by atoms with Gasteiger partial charge in [-0.25, -0.2) is 4.98 Å². The second kappa shape index (κ2) is 6.21. The van der Waals surface area contributed by atoms with Gasteiger partial charge in [0.15, 0.2) is 0 Å². The number of nitrogens with one attached hydrogen (secondary N) is 1. The van der Waals surface area contributed by atoms with E-state index in [9.17, 15) is 0 Å². The maximum atomic E-state index is 4.23. The molecule has 0 bridgehead atoms. The molecule has 0 radical (unpaired) electrons. The molecule has 1 N–H and O–H groups in total. The molecule has 0 unspecified atom stereocenters. The van der Waals surface area contributed by atoms with E-state index in [0.29, 0.717) is 0 Å². The monoisotopic (exact) mass is 229 g/mol. The van der Waals surface area contributed by atoms with Gasteiger partial charge >= 0.3 is 0 Å². The van der Waals surface area contributed by atoms with E-state index in [1.54, 1.807) is 0 Å². The molecule has 0 aliphatic rings. The summed E-state index contributed by atoms with van der Waals surface area (Å²) in [5, 5.41) is 3.40. The molecular weight excluding hydrogens is 210 g/mol. The van der Waals surface area contributed by atoms with E-state index in [-0.39, 0.29) is 0 Å². The van der Waals surface area contributed by atoms with Crippen molar-refractivity contribution in [2.45, 2.75) is 19.9 Å². The fourth-order valence-electron chi connectivity index (χ4n) is 1.85. The zero-order valence-corrected chi connectivity index (χ0v) is 10.3. The van der Waals surface area contributed by atoms with Gasteiger partial charge < -0.3 is 9.88 Å². The maximum Gasteiger partial charge on any atom is 0.0951 e. The van der Waals surface area contributed by atoms with Gasteiger partial charge in [-0.2, -0.15) is 0 Å². The van der Waals surface area contributed by atoms with Gasteiger partial charge in [-0.15, -0.1) is 0 Å². The Hall–Kier alpha value is -1.61. The molecule has 3 heteroatoms. The van der Waals surface area contributed by atoms with Gasteiger partial charge in [-0.1, -0.05) is 37.3 Å². The van der Waals surface area contributed by atoms with E-state index in [0.717, 1.165) is 19.6 Å². The molecule has 1 aromatic heterocycles. The zero-order chi connectivity index (χ0) is 11.9.